The Morgan fingerprint density at radius 3 is 2.44 bits per heavy atom. The number of hydrogen-bond acceptors (Lipinski definition) is 4. The molecule has 0 aliphatic rings. The van der Waals surface area contributed by atoms with Crippen LogP contribution in [0.25, 0.3) is 0 Å². The Bertz CT molecular complexity index is 438. The molecule has 100 valence electrons. The van der Waals surface area contributed by atoms with Crippen LogP contribution >= 0.6 is 0 Å². The molecule has 0 aliphatic carbocycles. The number of nitrogen functional groups attached to an aromatic ring is 2. The van der Waals surface area contributed by atoms with Crippen LogP contribution in [-0.2, 0) is 0 Å². The van der Waals surface area contributed by atoms with Crippen molar-refractivity contribution in [3.63, 3.8) is 0 Å². The van der Waals surface area contributed by atoms with Gasteiger partial charge in [-0.2, -0.15) is 0 Å². The lowest BCUT2D eigenvalue weighted by Crippen LogP contribution is -2.42. The molecule has 0 unspecified atom stereocenters. The summed E-state index contributed by atoms with van der Waals surface area (Å²) in [6, 6.07) is 4.81. The first kappa shape index (κ1) is 14.3. The zero-order chi connectivity index (χ0) is 13.9. The maximum Gasteiger partial charge on any atom is 0.256 e. The summed E-state index contributed by atoms with van der Waals surface area (Å²) in [7, 11) is 0. The molecule has 0 bridgehead atoms. The van der Waals surface area contributed by atoms with Crippen molar-refractivity contribution in [1.82, 2.24) is 4.90 Å². The lowest BCUT2D eigenvalue weighted by molar-refractivity contribution is 0.0315. The molecule has 0 fully saturated rings. The number of benzene rings is 1. The molecule has 5 nitrogen and oxygen atoms in total. The van der Waals surface area contributed by atoms with Crippen molar-refractivity contribution < 1.29 is 9.90 Å². The van der Waals surface area contributed by atoms with E-state index in [9.17, 15) is 9.90 Å². The number of amides is 1. The number of carbonyl (C=O) groups is 1. The molecule has 0 aromatic heterocycles. The minimum absolute atomic E-state index is 0.197. The van der Waals surface area contributed by atoms with Crippen molar-refractivity contribution in [3.05, 3.63) is 23.8 Å². The zero-order valence-corrected chi connectivity index (χ0v) is 11.1. The van der Waals surface area contributed by atoms with E-state index < -0.39 is 5.60 Å². The average molecular weight is 251 g/mol. The van der Waals surface area contributed by atoms with Gasteiger partial charge in [0, 0.05) is 24.5 Å². The first-order chi connectivity index (χ1) is 8.24. The highest BCUT2D eigenvalue weighted by Crippen LogP contribution is 2.18. The van der Waals surface area contributed by atoms with Crippen molar-refractivity contribution in [1.29, 1.82) is 0 Å². The highest BCUT2D eigenvalue weighted by molar-refractivity contribution is 5.99. The summed E-state index contributed by atoms with van der Waals surface area (Å²) in [6.07, 6.45) is 0. The molecule has 1 rings (SSSR count). The van der Waals surface area contributed by atoms with E-state index in [-0.39, 0.29) is 12.5 Å². The summed E-state index contributed by atoms with van der Waals surface area (Å²) in [6.45, 7) is 5.94. The van der Waals surface area contributed by atoms with Gasteiger partial charge in [0.1, 0.15) is 0 Å². The van der Waals surface area contributed by atoms with Crippen LogP contribution in [0, 0.1) is 0 Å². The van der Waals surface area contributed by atoms with Gasteiger partial charge < -0.3 is 21.5 Å². The highest BCUT2D eigenvalue weighted by atomic mass is 16.3. The molecule has 0 heterocycles. The quantitative estimate of drug-likeness (QED) is 0.698. The zero-order valence-electron chi connectivity index (χ0n) is 11.1. The Hall–Kier alpha value is -1.75. The Kier molecular flexibility index (Phi) is 4.19. The summed E-state index contributed by atoms with van der Waals surface area (Å²) in [4.78, 5) is 13.8. The molecule has 0 atom stereocenters. The number of carbonyl (C=O) groups excluding carboxylic acids is 1. The monoisotopic (exact) mass is 251 g/mol. The maximum absolute atomic E-state index is 12.3. The molecule has 18 heavy (non-hydrogen) atoms. The number of nitrogens with zero attached hydrogens (tertiary/aromatic N) is 1. The first-order valence-electron chi connectivity index (χ1n) is 5.91. The van der Waals surface area contributed by atoms with Crippen molar-refractivity contribution in [2.24, 2.45) is 0 Å². The Morgan fingerprint density at radius 1 is 1.39 bits per heavy atom. The maximum atomic E-state index is 12.3. The second kappa shape index (κ2) is 5.27. The SMILES string of the molecule is CCN(CC(C)(C)O)C(=O)c1ccc(N)cc1N. The molecule has 5 N–H and O–H groups in total. The van der Waals surface area contributed by atoms with Crippen LogP contribution in [0.15, 0.2) is 18.2 Å². The molecule has 0 radical (unpaired) electrons. The molecule has 1 aromatic carbocycles. The van der Waals surface area contributed by atoms with Gasteiger partial charge >= 0.3 is 0 Å². The summed E-state index contributed by atoms with van der Waals surface area (Å²) >= 11 is 0. The second-order valence-corrected chi connectivity index (χ2v) is 4.98. The smallest absolute Gasteiger partial charge is 0.256 e. The molecule has 1 aromatic rings. The fraction of sp³-hybridized carbons (Fsp3) is 0.462. The number of rotatable bonds is 4. The molecular formula is C13H21N3O2. The Morgan fingerprint density at radius 2 is 2.00 bits per heavy atom. The second-order valence-electron chi connectivity index (χ2n) is 4.98. The number of nitrogens with two attached hydrogens (primary N) is 2. The van der Waals surface area contributed by atoms with Crippen molar-refractivity contribution in [3.8, 4) is 0 Å². The fourth-order valence-corrected chi connectivity index (χ4v) is 1.74. The molecule has 0 saturated carbocycles. The number of hydrogen-bond donors (Lipinski definition) is 3. The number of aliphatic hydroxyl groups is 1. The van der Waals surface area contributed by atoms with Gasteiger partial charge in [-0.05, 0) is 39.0 Å². The minimum atomic E-state index is -0.936. The van der Waals surface area contributed by atoms with Gasteiger partial charge in [-0.3, -0.25) is 4.79 Å². The van der Waals surface area contributed by atoms with Crippen LogP contribution < -0.4 is 11.5 Å². The lowest BCUT2D eigenvalue weighted by Gasteiger charge is -2.28. The fourth-order valence-electron chi connectivity index (χ4n) is 1.74. The van der Waals surface area contributed by atoms with E-state index in [0.29, 0.717) is 23.5 Å². The van der Waals surface area contributed by atoms with Gasteiger partial charge in [-0.15, -0.1) is 0 Å². The molecular weight excluding hydrogens is 230 g/mol. The third-order valence-corrected chi connectivity index (χ3v) is 2.55. The first-order valence-corrected chi connectivity index (χ1v) is 5.91. The van der Waals surface area contributed by atoms with Crippen LogP contribution in [-0.4, -0.2) is 34.6 Å². The Balaban J connectivity index is 2.97. The normalized spacial score (nSPS) is 11.3. The van der Waals surface area contributed by atoms with E-state index in [0.717, 1.165) is 0 Å². The third kappa shape index (κ3) is 3.63. The van der Waals surface area contributed by atoms with Gasteiger partial charge in [0.25, 0.3) is 5.91 Å². The van der Waals surface area contributed by atoms with Crippen LogP contribution in [0.3, 0.4) is 0 Å². The van der Waals surface area contributed by atoms with Gasteiger partial charge in [0.05, 0.1) is 11.2 Å². The summed E-state index contributed by atoms with van der Waals surface area (Å²) in [5.41, 5.74) is 11.7. The van der Waals surface area contributed by atoms with Crippen molar-refractivity contribution in [2.75, 3.05) is 24.6 Å². The van der Waals surface area contributed by atoms with Gasteiger partial charge in [0.15, 0.2) is 0 Å². The molecule has 0 saturated heterocycles. The topological polar surface area (TPSA) is 92.6 Å². The number of anilines is 2. The summed E-state index contributed by atoms with van der Waals surface area (Å²) in [5.74, 6) is -0.197. The van der Waals surface area contributed by atoms with Gasteiger partial charge in [-0.25, -0.2) is 0 Å². The van der Waals surface area contributed by atoms with E-state index in [4.69, 9.17) is 11.5 Å². The van der Waals surface area contributed by atoms with E-state index in [1.165, 1.54) is 0 Å². The molecule has 0 spiro atoms. The van der Waals surface area contributed by atoms with Crippen molar-refractivity contribution >= 4 is 17.3 Å². The third-order valence-electron chi connectivity index (χ3n) is 2.55. The lowest BCUT2D eigenvalue weighted by atomic mass is 10.1. The number of likely N-dealkylation sites (N-methyl/N-ethyl adjacent to an activating group) is 1. The van der Waals surface area contributed by atoms with Crippen LogP contribution in [0.2, 0.25) is 0 Å². The van der Waals surface area contributed by atoms with E-state index >= 15 is 0 Å². The molecule has 0 aliphatic heterocycles. The summed E-state index contributed by atoms with van der Waals surface area (Å²) < 4.78 is 0. The molecule has 5 heteroatoms. The average Bonchev–Trinajstić information content (AvgIpc) is 2.24. The predicted octanol–water partition coefficient (Wildman–Crippen LogP) is 1.08. The van der Waals surface area contributed by atoms with Crippen LogP contribution in [0.1, 0.15) is 31.1 Å². The van der Waals surface area contributed by atoms with Crippen LogP contribution in [0.4, 0.5) is 11.4 Å². The largest absolute Gasteiger partial charge is 0.399 e. The molecule has 1 amide bonds. The standard InChI is InChI=1S/C13H21N3O2/c1-4-16(8-13(2,3)18)12(17)10-6-5-9(14)7-11(10)15/h5-7,18H,4,8,14-15H2,1-3H3. The summed E-state index contributed by atoms with van der Waals surface area (Å²) in [5, 5.41) is 9.78. The predicted molar refractivity (Wildman–Crippen MR) is 73.1 cm³/mol. The van der Waals surface area contributed by atoms with Crippen molar-refractivity contribution in [2.45, 2.75) is 26.4 Å². The Labute approximate surface area is 107 Å². The van der Waals surface area contributed by atoms with Crippen LogP contribution in [0.5, 0.6) is 0 Å². The van der Waals surface area contributed by atoms with E-state index in [1.807, 2.05) is 6.92 Å². The minimum Gasteiger partial charge on any atom is -0.399 e. The van der Waals surface area contributed by atoms with E-state index in [2.05, 4.69) is 0 Å². The highest BCUT2D eigenvalue weighted by Gasteiger charge is 2.23. The van der Waals surface area contributed by atoms with Gasteiger partial charge in [0.2, 0.25) is 0 Å². The van der Waals surface area contributed by atoms with E-state index in [1.54, 1.807) is 36.9 Å². The van der Waals surface area contributed by atoms with Gasteiger partial charge in [-0.1, -0.05) is 0 Å².